The summed E-state index contributed by atoms with van der Waals surface area (Å²) in [6.45, 7) is 1.73. The molecule has 166 valence electrons. The standard InChI is InChI=1S/C25H26FN3O3/c1-4-24(31)29(2)21-11-8-17(14-20(21)26)18-7-10-19(23(15-18)32-3)22(30)12-9-16-6-5-13-28-25(16)27/h5-8,10-11,13-15H,4,9,12H2,1-3H3,(H2,27,28). The lowest BCUT2D eigenvalue weighted by molar-refractivity contribution is -0.118. The van der Waals surface area contributed by atoms with Gasteiger partial charge in [0, 0.05) is 26.1 Å². The Bertz CT molecular complexity index is 1150. The number of hydrogen-bond acceptors (Lipinski definition) is 5. The second kappa shape index (κ2) is 10.0. The summed E-state index contributed by atoms with van der Waals surface area (Å²) in [6, 6.07) is 13.5. The molecule has 0 bridgehead atoms. The summed E-state index contributed by atoms with van der Waals surface area (Å²) in [5.74, 6) is 0.0703. The van der Waals surface area contributed by atoms with Crippen molar-refractivity contribution in [1.82, 2.24) is 4.98 Å². The number of methoxy groups -OCH3 is 1. The minimum Gasteiger partial charge on any atom is -0.496 e. The third-order valence-corrected chi connectivity index (χ3v) is 5.37. The minimum absolute atomic E-state index is 0.0853. The molecule has 1 amide bonds. The molecule has 0 aliphatic heterocycles. The average molecular weight is 435 g/mol. The number of pyridine rings is 1. The third-order valence-electron chi connectivity index (χ3n) is 5.37. The number of aromatic nitrogens is 1. The van der Waals surface area contributed by atoms with E-state index in [1.165, 1.54) is 18.1 Å². The number of benzene rings is 2. The first-order chi connectivity index (χ1) is 15.3. The molecule has 0 spiro atoms. The third kappa shape index (κ3) is 4.94. The number of nitrogen functional groups attached to an aromatic ring is 1. The molecule has 0 unspecified atom stereocenters. The highest BCUT2D eigenvalue weighted by molar-refractivity contribution is 5.99. The maximum atomic E-state index is 14.7. The first kappa shape index (κ1) is 22.9. The number of carbonyl (C=O) groups is 2. The van der Waals surface area contributed by atoms with Crippen LogP contribution in [0.2, 0.25) is 0 Å². The van der Waals surface area contributed by atoms with Crippen LogP contribution in [0.5, 0.6) is 5.75 Å². The van der Waals surface area contributed by atoms with Crippen LogP contribution in [0, 0.1) is 5.82 Å². The van der Waals surface area contributed by atoms with Crippen molar-refractivity contribution in [3.05, 3.63) is 71.7 Å². The van der Waals surface area contributed by atoms with Crippen molar-refractivity contribution in [3.63, 3.8) is 0 Å². The Morgan fingerprint density at radius 3 is 2.50 bits per heavy atom. The Kier molecular flexibility index (Phi) is 7.20. The van der Waals surface area contributed by atoms with Crippen LogP contribution in [0.4, 0.5) is 15.9 Å². The van der Waals surface area contributed by atoms with E-state index in [0.29, 0.717) is 34.7 Å². The monoisotopic (exact) mass is 435 g/mol. The zero-order chi connectivity index (χ0) is 23.3. The summed E-state index contributed by atoms with van der Waals surface area (Å²) in [7, 11) is 3.04. The van der Waals surface area contributed by atoms with Gasteiger partial charge >= 0.3 is 0 Å². The normalized spacial score (nSPS) is 10.6. The van der Waals surface area contributed by atoms with E-state index < -0.39 is 5.82 Å². The molecule has 2 aromatic carbocycles. The second-order valence-electron chi connectivity index (χ2n) is 7.36. The molecule has 0 aliphatic carbocycles. The van der Waals surface area contributed by atoms with Crippen molar-refractivity contribution in [1.29, 1.82) is 0 Å². The van der Waals surface area contributed by atoms with Gasteiger partial charge in [-0.25, -0.2) is 9.37 Å². The topological polar surface area (TPSA) is 85.5 Å². The lowest BCUT2D eigenvalue weighted by Crippen LogP contribution is -2.25. The number of hydrogen-bond donors (Lipinski definition) is 1. The zero-order valence-corrected chi connectivity index (χ0v) is 18.4. The fourth-order valence-electron chi connectivity index (χ4n) is 3.48. The van der Waals surface area contributed by atoms with Gasteiger partial charge in [-0.05, 0) is 53.4 Å². The van der Waals surface area contributed by atoms with Gasteiger partial charge in [-0.2, -0.15) is 0 Å². The number of nitrogens with two attached hydrogens (primary N) is 1. The smallest absolute Gasteiger partial charge is 0.226 e. The van der Waals surface area contributed by atoms with Gasteiger partial charge in [-0.1, -0.05) is 25.1 Å². The number of halogens is 1. The van der Waals surface area contributed by atoms with E-state index in [-0.39, 0.29) is 30.2 Å². The molecule has 0 fully saturated rings. The quantitative estimate of drug-likeness (QED) is 0.520. The van der Waals surface area contributed by atoms with E-state index in [1.54, 1.807) is 56.6 Å². The van der Waals surface area contributed by atoms with Gasteiger partial charge in [0.15, 0.2) is 5.78 Å². The van der Waals surface area contributed by atoms with Gasteiger partial charge < -0.3 is 15.4 Å². The van der Waals surface area contributed by atoms with Crippen LogP contribution < -0.4 is 15.4 Å². The summed E-state index contributed by atoms with van der Waals surface area (Å²) < 4.78 is 20.1. The van der Waals surface area contributed by atoms with Gasteiger partial charge in [-0.3, -0.25) is 9.59 Å². The molecular formula is C25H26FN3O3. The summed E-state index contributed by atoms with van der Waals surface area (Å²) in [5, 5.41) is 0. The Morgan fingerprint density at radius 1 is 1.12 bits per heavy atom. The largest absolute Gasteiger partial charge is 0.496 e. The van der Waals surface area contributed by atoms with Crippen molar-refractivity contribution in [2.45, 2.75) is 26.2 Å². The Balaban J connectivity index is 1.82. The van der Waals surface area contributed by atoms with Crippen LogP contribution in [0.3, 0.4) is 0 Å². The molecule has 0 radical (unpaired) electrons. The molecule has 6 nitrogen and oxygen atoms in total. The summed E-state index contributed by atoms with van der Waals surface area (Å²) in [4.78, 5) is 30.0. The number of rotatable bonds is 8. The minimum atomic E-state index is -0.500. The van der Waals surface area contributed by atoms with Crippen LogP contribution >= 0.6 is 0 Å². The number of carbonyl (C=O) groups excluding carboxylic acids is 2. The zero-order valence-electron chi connectivity index (χ0n) is 18.4. The van der Waals surface area contributed by atoms with Gasteiger partial charge in [0.25, 0.3) is 0 Å². The van der Waals surface area contributed by atoms with Crippen molar-refractivity contribution < 1.29 is 18.7 Å². The Hall–Kier alpha value is -3.74. The van der Waals surface area contributed by atoms with Crippen LogP contribution in [0.15, 0.2) is 54.7 Å². The van der Waals surface area contributed by atoms with Gasteiger partial charge in [0.05, 0.1) is 18.4 Å². The molecular weight excluding hydrogens is 409 g/mol. The molecule has 3 aromatic rings. The first-order valence-electron chi connectivity index (χ1n) is 10.3. The van der Waals surface area contributed by atoms with Gasteiger partial charge in [0.1, 0.15) is 17.4 Å². The molecule has 3 rings (SSSR count). The summed E-state index contributed by atoms with van der Waals surface area (Å²) >= 11 is 0. The van der Waals surface area contributed by atoms with Crippen LogP contribution in [0.25, 0.3) is 11.1 Å². The van der Waals surface area contributed by atoms with E-state index in [0.717, 1.165) is 5.56 Å². The maximum absolute atomic E-state index is 14.7. The van der Waals surface area contributed by atoms with Gasteiger partial charge in [-0.15, -0.1) is 0 Å². The molecule has 0 saturated carbocycles. The Morgan fingerprint density at radius 2 is 1.84 bits per heavy atom. The number of anilines is 2. The van der Waals surface area contributed by atoms with E-state index in [2.05, 4.69) is 4.98 Å². The molecule has 1 heterocycles. The van der Waals surface area contributed by atoms with Crippen molar-refractivity contribution in [2.75, 3.05) is 24.8 Å². The van der Waals surface area contributed by atoms with E-state index >= 15 is 0 Å². The molecule has 0 atom stereocenters. The lowest BCUT2D eigenvalue weighted by Gasteiger charge is -2.18. The molecule has 7 heteroatoms. The number of nitrogens with zero attached hydrogens (tertiary/aromatic N) is 2. The first-order valence-corrected chi connectivity index (χ1v) is 10.3. The average Bonchev–Trinajstić information content (AvgIpc) is 2.81. The van der Waals surface area contributed by atoms with Crippen molar-refractivity contribution in [3.8, 4) is 16.9 Å². The summed E-state index contributed by atoms with van der Waals surface area (Å²) in [6.07, 6.45) is 2.63. The highest BCUT2D eigenvalue weighted by Crippen LogP contribution is 2.31. The predicted molar refractivity (Wildman–Crippen MR) is 123 cm³/mol. The number of ketones is 1. The maximum Gasteiger partial charge on any atom is 0.226 e. The van der Waals surface area contributed by atoms with E-state index in [4.69, 9.17) is 10.5 Å². The van der Waals surface area contributed by atoms with E-state index in [1.807, 2.05) is 6.07 Å². The number of ether oxygens (including phenoxy) is 1. The molecule has 2 N–H and O–H groups in total. The highest BCUT2D eigenvalue weighted by Gasteiger charge is 2.17. The molecule has 32 heavy (non-hydrogen) atoms. The van der Waals surface area contributed by atoms with Crippen molar-refractivity contribution in [2.24, 2.45) is 0 Å². The SMILES string of the molecule is CCC(=O)N(C)c1ccc(-c2ccc(C(=O)CCc3cccnc3N)c(OC)c2)cc1F. The fourth-order valence-corrected chi connectivity index (χ4v) is 3.48. The molecule has 0 saturated heterocycles. The fraction of sp³-hybridized carbons (Fsp3) is 0.240. The van der Waals surface area contributed by atoms with Crippen LogP contribution in [0.1, 0.15) is 35.7 Å². The molecule has 1 aromatic heterocycles. The van der Waals surface area contributed by atoms with Gasteiger partial charge in [0.2, 0.25) is 5.91 Å². The summed E-state index contributed by atoms with van der Waals surface area (Å²) in [5.41, 5.74) is 8.65. The number of aryl methyl sites for hydroxylation is 1. The molecule has 0 aliphatic rings. The second-order valence-corrected chi connectivity index (χ2v) is 7.36. The lowest BCUT2D eigenvalue weighted by atomic mass is 9.98. The highest BCUT2D eigenvalue weighted by atomic mass is 19.1. The van der Waals surface area contributed by atoms with Crippen LogP contribution in [-0.4, -0.2) is 30.8 Å². The number of Topliss-reactive ketones (excluding diaryl/α,β-unsaturated/α-hetero) is 1. The van der Waals surface area contributed by atoms with Crippen LogP contribution in [-0.2, 0) is 11.2 Å². The number of amides is 1. The Labute approximate surface area is 186 Å². The van der Waals surface area contributed by atoms with Crippen molar-refractivity contribution >= 4 is 23.2 Å². The van der Waals surface area contributed by atoms with E-state index in [9.17, 15) is 14.0 Å². The predicted octanol–water partition coefficient (Wildman–Crippen LogP) is 4.67.